The molecule has 0 radical (unpaired) electrons. The van der Waals surface area contributed by atoms with Crippen LogP contribution in [-0.2, 0) is 0 Å². The fraction of sp³-hybridized carbons (Fsp3) is 0.273. The van der Waals surface area contributed by atoms with Crippen molar-refractivity contribution in [1.82, 2.24) is 29.9 Å². The van der Waals surface area contributed by atoms with Gasteiger partial charge in [0.25, 0.3) is 5.91 Å². The predicted molar refractivity (Wildman–Crippen MR) is 118 cm³/mol. The van der Waals surface area contributed by atoms with E-state index >= 15 is 0 Å². The van der Waals surface area contributed by atoms with Crippen molar-refractivity contribution >= 4 is 17.1 Å². The van der Waals surface area contributed by atoms with Crippen LogP contribution in [0.2, 0.25) is 0 Å². The fourth-order valence-corrected chi connectivity index (χ4v) is 4.15. The van der Waals surface area contributed by atoms with Gasteiger partial charge >= 0.3 is 0 Å². The third kappa shape index (κ3) is 3.53. The number of anilines is 1. The second-order valence-electron chi connectivity index (χ2n) is 7.82. The molecule has 0 aliphatic carbocycles. The zero-order valence-corrected chi connectivity index (χ0v) is 17.2. The van der Waals surface area contributed by atoms with Crippen molar-refractivity contribution in [2.75, 3.05) is 18.4 Å². The summed E-state index contributed by atoms with van der Waals surface area (Å²) in [6.45, 7) is 3.97. The molecule has 9 nitrogen and oxygen atoms in total. The van der Waals surface area contributed by atoms with Crippen LogP contribution in [-0.4, -0.2) is 49.6 Å². The Kier molecular flexibility index (Phi) is 4.87. The van der Waals surface area contributed by atoms with Gasteiger partial charge in [0.1, 0.15) is 5.69 Å². The number of nitrogens with one attached hydrogen (secondary N) is 2. The van der Waals surface area contributed by atoms with Gasteiger partial charge in [-0.3, -0.25) is 4.79 Å². The number of amides is 1. The summed E-state index contributed by atoms with van der Waals surface area (Å²) < 4.78 is 3.48. The fourth-order valence-electron chi connectivity index (χ4n) is 4.15. The SMILES string of the molecule is CCC1CNCC1Nc1c(C(N)=O)cnn2cc(-c3cn(-c4ccccc4)nn3)cc12. The van der Waals surface area contributed by atoms with Crippen molar-refractivity contribution in [3.8, 4) is 16.9 Å². The van der Waals surface area contributed by atoms with Crippen molar-refractivity contribution in [2.45, 2.75) is 19.4 Å². The molecular formula is C22H24N8O. The van der Waals surface area contributed by atoms with Gasteiger partial charge in [-0.2, -0.15) is 5.10 Å². The molecule has 4 heterocycles. The molecule has 158 valence electrons. The van der Waals surface area contributed by atoms with Crippen LogP contribution < -0.4 is 16.4 Å². The second-order valence-corrected chi connectivity index (χ2v) is 7.82. The van der Waals surface area contributed by atoms with Crippen LogP contribution in [0.3, 0.4) is 0 Å². The maximum absolute atomic E-state index is 12.1. The van der Waals surface area contributed by atoms with E-state index in [9.17, 15) is 4.79 Å². The topological polar surface area (TPSA) is 115 Å². The van der Waals surface area contributed by atoms with Gasteiger partial charge in [-0.05, 0) is 24.1 Å². The molecule has 2 unspecified atom stereocenters. The van der Waals surface area contributed by atoms with Crippen molar-refractivity contribution in [2.24, 2.45) is 11.7 Å². The first kappa shape index (κ1) is 19.3. The smallest absolute Gasteiger partial charge is 0.252 e. The van der Waals surface area contributed by atoms with E-state index < -0.39 is 5.91 Å². The average molecular weight is 416 g/mol. The van der Waals surface area contributed by atoms with E-state index in [1.807, 2.05) is 48.8 Å². The van der Waals surface area contributed by atoms with Gasteiger partial charge in [0.05, 0.1) is 34.8 Å². The summed E-state index contributed by atoms with van der Waals surface area (Å²) in [6.07, 6.45) is 6.33. The Morgan fingerprint density at radius 3 is 2.87 bits per heavy atom. The number of hydrogen-bond donors (Lipinski definition) is 3. The number of carbonyl (C=O) groups excluding carboxylic acids is 1. The molecular weight excluding hydrogens is 392 g/mol. The molecule has 0 saturated carbocycles. The highest BCUT2D eigenvalue weighted by molar-refractivity contribution is 6.02. The summed E-state index contributed by atoms with van der Waals surface area (Å²) in [4.78, 5) is 12.1. The number of hydrogen-bond acceptors (Lipinski definition) is 6. The summed E-state index contributed by atoms with van der Waals surface area (Å²) in [6, 6.07) is 12.0. The minimum atomic E-state index is -0.505. The molecule has 9 heteroatoms. The van der Waals surface area contributed by atoms with E-state index in [1.54, 1.807) is 9.20 Å². The number of para-hydroxylation sites is 1. The quantitative estimate of drug-likeness (QED) is 0.443. The Morgan fingerprint density at radius 1 is 1.26 bits per heavy atom. The molecule has 1 aliphatic rings. The lowest BCUT2D eigenvalue weighted by molar-refractivity contribution is 0.100. The number of primary amides is 1. The lowest BCUT2D eigenvalue weighted by Gasteiger charge is -2.21. The molecule has 4 N–H and O–H groups in total. The number of nitrogens with two attached hydrogens (primary N) is 1. The van der Waals surface area contributed by atoms with E-state index in [1.165, 1.54) is 6.20 Å². The van der Waals surface area contributed by atoms with Crippen LogP contribution >= 0.6 is 0 Å². The normalized spacial score (nSPS) is 18.5. The van der Waals surface area contributed by atoms with Gasteiger partial charge in [-0.1, -0.05) is 36.8 Å². The predicted octanol–water partition coefficient (Wildman–Crippen LogP) is 2.09. The monoisotopic (exact) mass is 416 g/mol. The summed E-state index contributed by atoms with van der Waals surface area (Å²) in [7, 11) is 0. The van der Waals surface area contributed by atoms with Crippen molar-refractivity contribution < 1.29 is 4.79 Å². The second kappa shape index (κ2) is 7.84. The van der Waals surface area contributed by atoms with E-state index in [0.29, 0.717) is 17.2 Å². The first-order valence-corrected chi connectivity index (χ1v) is 10.4. The molecule has 1 amide bonds. The first-order chi connectivity index (χ1) is 15.1. The standard InChI is InChI=1S/C22H24N8O/c1-2-14-9-24-11-18(14)26-21-17(22(23)31)10-25-30-12-15(8-20(21)30)19-13-29(28-27-19)16-6-4-3-5-7-16/h3-8,10,12-14,18,24,26H,2,9,11H2,1H3,(H2,23,31). The Hall–Kier alpha value is -3.72. The van der Waals surface area contributed by atoms with Gasteiger partial charge in [-0.25, -0.2) is 9.20 Å². The van der Waals surface area contributed by atoms with Crippen LogP contribution in [0, 0.1) is 5.92 Å². The third-order valence-corrected chi connectivity index (χ3v) is 5.91. The number of aromatic nitrogens is 5. The molecule has 1 saturated heterocycles. The summed E-state index contributed by atoms with van der Waals surface area (Å²) in [5.41, 5.74) is 10.0. The van der Waals surface area contributed by atoms with Gasteiger partial charge in [0.2, 0.25) is 0 Å². The third-order valence-electron chi connectivity index (χ3n) is 5.91. The molecule has 1 aliphatic heterocycles. The summed E-state index contributed by atoms with van der Waals surface area (Å²) >= 11 is 0. The number of benzene rings is 1. The number of rotatable bonds is 6. The van der Waals surface area contributed by atoms with E-state index in [0.717, 1.165) is 42.0 Å². The zero-order chi connectivity index (χ0) is 21.4. The van der Waals surface area contributed by atoms with Crippen LogP contribution in [0.5, 0.6) is 0 Å². The Morgan fingerprint density at radius 2 is 2.10 bits per heavy atom. The molecule has 4 aromatic rings. The van der Waals surface area contributed by atoms with E-state index in [-0.39, 0.29) is 6.04 Å². The van der Waals surface area contributed by atoms with E-state index in [4.69, 9.17) is 5.73 Å². The molecule has 0 spiro atoms. The van der Waals surface area contributed by atoms with Gasteiger partial charge < -0.3 is 16.4 Å². The zero-order valence-electron chi connectivity index (χ0n) is 17.2. The highest BCUT2D eigenvalue weighted by Gasteiger charge is 2.27. The number of fused-ring (bicyclic) bond motifs is 1. The van der Waals surface area contributed by atoms with Crippen LogP contribution in [0.25, 0.3) is 22.5 Å². The van der Waals surface area contributed by atoms with Gasteiger partial charge in [0, 0.05) is 30.9 Å². The minimum absolute atomic E-state index is 0.214. The van der Waals surface area contributed by atoms with Crippen molar-refractivity contribution in [3.05, 3.63) is 60.6 Å². The number of nitrogens with zero attached hydrogens (tertiary/aromatic N) is 5. The summed E-state index contributed by atoms with van der Waals surface area (Å²) in [5.74, 6) is -0.0246. The molecule has 1 aromatic carbocycles. The average Bonchev–Trinajstić information content (AvgIpc) is 3.53. The largest absolute Gasteiger partial charge is 0.378 e. The van der Waals surface area contributed by atoms with Gasteiger partial charge in [0.15, 0.2) is 0 Å². The van der Waals surface area contributed by atoms with Crippen molar-refractivity contribution in [3.63, 3.8) is 0 Å². The lowest BCUT2D eigenvalue weighted by atomic mass is 10.00. The van der Waals surface area contributed by atoms with Crippen LogP contribution in [0.1, 0.15) is 23.7 Å². The maximum atomic E-state index is 12.1. The lowest BCUT2D eigenvalue weighted by Crippen LogP contribution is -2.30. The highest BCUT2D eigenvalue weighted by atomic mass is 16.1. The van der Waals surface area contributed by atoms with E-state index in [2.05, 4.69) is 33.0 Å². The Balaban J connectivity index is 1.55. The van der Waals surface area contributed by atoms with Crippen LogP contribution in [0.15, 0.2) is 55.0 Å². The summed E-state index contributed by atoms with van der Waals surface area (Å²) in [5, 5.41) is 19.9. The maximum Gasteiger partial charge on any atom is 0.252 e. The minimum Gasteiger partial charge on any atom is -0.378 e. The first-order valence-electron chi connectivity index (χ1n) is 10.4. The number of carbonyl (C=O) groups is 1. The van der Waals surface area contributed by atoms with Gasteiger partial charge in [-0.15, -0.1) is 5.10 Å². The molecule has 5 rings (SSSR count). The molecule has 0 bridgehead atoms. The molecule has 3 aromatic heterocycles. The Bertz CT molecular complexity index is 1230. The Labute approximate surface area is 179 Å². The molecule has 1 fully saturated rings. The molecule has 2 atom stereocenters. The van der Waals surface area contributed by atoms with Crippen LogP contribution in [0.4, 0.5) is 5.69 Å². The highest BCUT2D eigenvalue weighted by Crippen LogP contribution is 2.30. The van der Waals surface area contributed by atoms with Crippen molar-refractivity contribution in [1.29, 1.82) is 0 Å². The molecule has 31 heavy (non-hydrogen) atoms.